The largest absolute Gasteiger partial charge is 0.382 e. The molecule has 0 spiro atoms. The molecule has 0 fully saturated rings. The van der Waals surface area contributed by atoms with Gasteiger partial charge >= 0.3 is 0 Å². The van der Waals surface area contributed by atoms with E-state index in [9.17, 15) is 0 Å². The monoisotopic (exact) mass is 173 g/mol. The van der Waals surface area contributed by atoms with Gasteiger partial charge in [-0.25, -0.2) is 0 Å². The zero-order chi connectivity index (χ0) is 9.56. The molecule has 74 valence electrons. The normalized spacial score (nSPS) is 16.5. The SMILES string of the molecule is CNC(CCC(C)OC)C(C)C. The van der Waals surface area contributed by atoms with Crippen LogP contribution in [0.25, 0.3) is 0 Å². The summed E-state index contributed by atoms with van der Waals surface area (Å²) in [6, 6.07) is 0.627. The summed E-state index contributed by atoms with van der Waals surface area (Å²) in [6.07, 6.45) is 2.73. The molecule has 0 amide bonds. The molecule has 2 unspecified atom stereocenters. The maximum atomic E-state index is 5.20. The molecule has 0 bridgehead atoms. The minimum absolute atomic E-state index is 0.389. The molecule has 12 heavy (non-hydrogen) atoms. The molecule has 0 heterocycles. The van der Waals surface area contributed by atoms with Crippen LogP contribution in [0.1, 0.15) is 33.6 Å². The van der Waals surface area contributed by atoms with Crippen LogP contribution in [0, 0.1) is 5.92 Å². The summed E-state index contributed by atoms with van der Waals surface area (Å²) in [7, 11) is 3.80. The highest BCUT2D eigenvalue weighted by molar-refractivity contribution is 4.69. The lowest BCUT2D eigenvalue weighted by Crippen LogP contribution is -2.31. The Morgan fingerprint density at radius 3 is 2.08 bits per heavy atom. The van der Waals surface area contributed by atoms with Gasteiger partial charge in [0.05, 0.1) is 6.10 Å². The average Bonchev–Trinajstić information content (AvgIpc) is 2.04. The van der Waals surface area contributed by atoms with Crippen LogP contribution in [-0.4, -0.2) is 26.3 Å². The number of nitrogens with one attached hydrogen (secondary N) is 1. The van der Waals surface area contributed by atoms with E-state index < -0.39 is 0 Å². The van der Waals surface area contributed by atoms with Crippen LogP contribution in [-0.2, 0) is 4.74 Å². The Labute approximate surface area is 76.7 Å². The molecule has 0 rings (SSSR count). The van der Waals surface area contributed by atoms with Crippen molar-refractivity contribution in [3.8, 4) is 0 Å². The van der Waals surface area contributed by atoms with Crippen molar-refractivity contribution in [3.63, 3.8) is 0 Å². The summed E-state index contributed by atoms with van der Waals surface area (Å²) in [6.45, 7) is 6.62. The van der Waals surface area contributed by atoms with Gasteiger partial charge in [-0.05, 0) is 32.7 Å². The highest BCUT2D eigenvalue weighted by atomic mass is 16.5. The molecule has 1 N–H and O–H groups in total. The summed E-state index contributed by atoms with van der Waals surface area (Å²) in [4.78, 5) is 0. The highest BCUT2D eigenvalue weighted by Gasteiger charge is 2.11. The Morgan fingerprint density at radius 1 is 1.17 bits per heavy atom. The first-order valence-corrected chi connectivity index (χ1v) is 4.81. The minimum Gasteiger partial charge on any atom is -0.382 e. The van der Waals surface area contributed by atoms with Crippen LogP contribution < -0.4 is 5.32 Å². The second kappa shape index (κ2) is 6.44. The molecule has 0 aliphatic carbocycles. The van der Waals surface area contributed by atoms with Gasteiger partial charge in [0.15, 0.2) is 0 Å². The summed E-state index contributed by atoms with van der Waals surface area (Å²) in [5.74, 6) is 0.707. The van der Waals surface area contributed by atoms with Crippen molar-refractivity contribution < 1.29 is 4.74 Å². The quantitative estimate of drug-likeness (QED) is 0.663. The fraction of sp³-hybridized carbons (Fsp3) is 1.00. The van der Waals surface area contributed by atoms with Crippen molar-refractivity contribution in [2.24, 2.45) is 5.92 Å². The Bertz CT molecular complexity index is 104. The third-order valence-electron chi connectivity index (χ3n) is 2.46. The van der Waals surface area contributed by atoms with Gasteiger partial charge in [-0.3, -0.25) is 0 Å². The molecule has 2 heteroatoms. The Balaban J connectivity index is 3.58. The van der Waals surface area contributed by atoms with Crippen LogP contribution in [0.15, 0.2) is 0 Å². The van der Waals surface area contributed by atoms with Gasteiger partial charge in [0.2, 0.25) is 0 Å². The smallest absolute Gasteiger partial charge is 0.0543 e. The molecule has 2 atom stereocenters. The minimum atomic E-state index is 0.389. The van der Waals surface area contributed by atoms with Crippen LogP contribution in [0.5, 0.6) is 0 Å². The summed E-state index contributed by atoms with van der Waals surface area (Å²) >= 11 is 0. The third kappa shape index (κ3) is 4.73. The van der Waals surface area contributed by atoms with Gasteiger partial charge in [-0.2, -0.15) is 0 Å². The van der Waals surface area contributed by atoms with Crippen molar-refractivity contribution in [2.75, 3.05) is 14.2 Å². The van der Waals surface area contributed by atoms with Gasteiger partial charge in [0.25, 0.3) is 0 Å². The van der Waals surface area contributed by atoms with Crippen molar-refractivity contribution in [1.82, 2.24) is 5.32 Å². The van der Waals surface area contributed by atoms with Crippen molar-refractivity contribution in [1.29, 1.82) is 0 Å². The first kappa shape index (κ1) is 11.9. The van der Waals surface area contributed by atoms with Crippen LogP contribution >= 0.6 is 0 Å². The van der Waals surface area contributed by atoms with Crippen molar-refractivity contribution in [3.05, 3.63) is 0 Å². The molecule has 0 saturated carbocycles. The molecule has 0 radical (unpaired) electrons. The second-order valence-electron chi connectivity index (χ2n) is 3.76. The molecule has 0 saturated heterocycles. The van der Waals surface area contributed by atoms with Gasteiger partial charge in [0, 0.05) is 13.2 Å². The molecule has 0 aromatic heterocycles. The van der Waals surface area contributed by atoms with E-state index in [1.165, 1.54) is 6.42 Å². The molecule has 0 aliphatic heterocycles. The van der Waals surface area contributed by atoms with Crippen molar-refractivity contribution in [2.45, 2.75) is 45.8 Å². The number of rotatable bonds is 6. The van der Waals surface area contributed by atoms with E-state index in [0.29, 0.717) is 18.1 Å². The van der Waals surface area contributed by atoms with E-state index in [4.69, 9.17) is 4.74 Å². The molecule has 0 aromatic carbocycles. The second-order valence-corrected chi connectivity index (χ2v) is 3.76. The summed E-state index contributed by atoms with van der Waals surface area (Å²) in [5, 5.41) is 3.33. The molecule has 2 nitrogen and oxygen atoms in total. The van der Waals surface area contributed by atoms with Gasteiger partial charge in [0.1, 0.15) is 0 Å². The van der Waals surface area contributed by atoms with E-state index in [0.717, 1.165) is 6.42 Å². The molecular weight excluding hydrogens is 150 g/mol. The number of hydrogen-bond acceptors (Lipinski definition) is 2. The topological polar surface area (TPSA) is 21.3 Å². The van der Waals surface area contributed by atoms with Crippen LogP contribution in [0.4, 0.5) is 0 Å². The Hall–Kier alpha value is -0.0800. The van der Waals surface area contributed by atoms with Gasteiger partial charge in [-0.1, -0.05) is 13.8 Å². The zero-order valence-corrected chi connectivity index (χ0v) is 9.05. The van der Waals surface area contributed by atoms with E-state index in [-0.39, 0.29) is 0 Å². The standard InChI is InChI=1S/C10H23NO/c1-8(2)10(11-4)7-6-9(3)12-5/h8-11H,6-7H2,1-5H3. The molecule has 0 aromatic rings. The van der Waals surface area contributed by atoms with E-state index in [1.807, 2.05) is 7.05 Å². The van der Waals surface area contributed by atoms with E-state index in [1.54, 1.807) is 7.11 Å². The lowest BCUT2D eigenvalue weighted by Gasteiger charge is -2.21. The molecule has 0 aliphatic rings. The van der Waals surface area contributed by atoms with Crippen LogP contribution in [0.2, 0.25) is 0 Å². The van der Waals surface area contributed by atoms with Crippen molar-refractivity contribution >= 4 is 0 Å². The lowest BCUT2D eigenvalue weighted by atomic mass is 9.98. The predicted octanol–water partition coefficient (Wildman–Crippen LogP) is 2.05. The van der Waals surface area contributed by atoms with E-state index >= 15 is 0 Å². The van der Waals surface area contributed by atoms with Gasteiger partial charge < -0.3 is 10.1 Å². The maximum Gasteiger partial charge on any atom is 0.0543 e. The predicted molar refractivity (Wildman–Crippen MR) is 53.4 cm³/mol. The van der Waals surface area contributed by atoms with Crippen LogP contribution in [0.3, 0.4) is 0 Å². The molecular formula is C10H23NO. The third-order valence-corrected chi connectivity index (χ3v) is 2.46. The number of ether oxygens (including phenoxy) is 1. The Morgan fingerprint density at radius 2 is 1.75 bits per heavy atom. The zero-order valence-electron chi connectivity index (χ0n) is 9.05. The number of hydrogen-bond donors (Lipinski definition) is 1. The first-order valence-electron chi connectivity index (χ1n) is 4.81. The average molecular weight is 173 g/mol. The highest BCUT2D eigenvalue weighted by Crippen LogP contribution is 2.10. The maximum absolute atomic E-state index is 5.20. The number of methoxy groups -OCH3 is 1. The van der Waals surface area contributed by atoms with E-state index in [2.05, 4.69) is 26.1 Å². The van der Waals surface area contributed by atoms with Gasteiger partial charge in [-0.15, -0.1) is 0 Å². The Kier molecular flexibility index (Phi) is 6.39. The summed E-state index contributed by atoms with van der Waals surface area (Å²) in [5.41, 5.74) is 0. The fourth-order valence-corrected chi connectivity index (χ4v) is 1.34. The lowest BCUT2D eigenvalue weighted by molar-refractivity contribution is 0.104. The summed E-state index contributed by atoms with van der Waals surface area (Å²) < 4.78 is 5.20. The fourth-order valence-electron chi connectivity index (χ4n) is 1.34. The first-order chi connectivity index (χ1) is 5.61.